The predicted molar refractivity (Wildman–Crippen MR) is 131 cm³/mol. The topological polar surface area (TPSA) is 78.5 Å². The Bertz CT molecular complexity index is 1230. The van der Waals surface area contributed by atoms with Crippen molar-refractivity contribution in [3.05, 3.63) is 94.5 Å². The van der Waals surface area contributed by atoms with Gasteiger partial charge in [0.05, 0.1) is 5.02 Å². The minimum Gasteiger partial charge on any atom is -0.348 e. The zero-order valence-electron chi connectivity index (χ0n) is 18.1. The van der Waals surface area contributed by atoms with Gasteiger partial charge in [-0.05, 0) is 67.4 Å². The number of carbonyl (C=O) groups excluding carboxylic acids is 1. The number of anilines is 1. The summed E-state index contributed by atoms with van der Waals surface area (Å²) in [4.78, 5) is 15.0. The van der Waals surface area contributed by atoms with Crippen molar-refractivity contribution >= 4 is 33.2 Å². The number of hydrogen-bond donors (Lipinski definition) is 2. The van der Waals surface area contributed by atoms with Crippen molar-refractivity contribution < 1.29 is 13.2 Å². The summed E-state index contributed by atoms with van der Waals surface area (Å²) in [5.74, 6) is -0.368. The van der Waals surface area contributed by atoms with E-state index in [9.17, 15) is 13.2 Å². The van der Waals surface area contributed by atoms with Crippen LogP contribution in [0.15, 0.2) is 77.7 Å². The van der Waals surface area contributed by atoms with E-state index in [2.05, 4.69) is 27.1 Å². The van der Waals surface area contributed by atoms with Crippen LogP contribution in [0.25, 0.3) is 0 Å². The van der Waals surface area contributed by atoms with Crippen LogP contribution in [0.4, 0.5) is 5.69 Å². The Hall–Kier alpha value is -2.87. The maximum Gasteiger partial charge on any atom is 0.263 e. The first-order valence-corrected chi connectivity index (χ1v) is 12.7. The quantitative estimate of drug-likeness (QED) is 0.488. The van der Waals surface area contributed by atoms with Crippen LogP contribution in [-0.2, 0) is 23.1 Å². The minimum absolute atomic E-state index is 0.0459. The smallest absolute Gasteiger partial charge is 0.263 e. The lowest BCUT2D eigenvalue weighted by Gasteiger charge is -2.15. The van der Waals surface area contributed by atoms with Gasteiger partial charge in [-0.15, -0.1) is 0 Å². The molecule has 2 N–H and O–H groups in total. The first kappa shape index (κ1) is 23.3. The van der Waals surface area contributed by atoms with Gasteiger partial charge in [-0.1, -0.05) is 54.1 Å². The number of sulfonamides is 1. The van der Waals surface area contributed by atoms with Crippen molar-refractivity contribution in [3.63, 3.8) is 0 Å². The van der Waals surface area contributed by atoms with E-state index in [1.165, 1.54) is 36.6 Å². The lowest BCUT2D eigenvalue weighted by molar-refractivity contribution is 0.0950. The Balaban J connectivity index is 1.43. The van der Waals surface area contributed by atoms with Crippen LogP contribution < -0.4 is 10.0 Å². The third kappa shape index (κ3) is 6.13. The lowest BCUT2D eigenvalue weighted by Crippen LogP contribution is -2.24. The average molecular weight is 484 g/mol. The summed E-state index contributed by atoms with van der Waals surface area (Å²) >= 11 is 6.16. The number of carbonyl (C=O) groups is 1. The molecule has 1 saturated heterocycles. The number of hydrogen-bond acceptors (Lipinski definition) is 4. The molecular weight excluding hydrogens is 458 g/mol. The molecule has 4 rings (SSSR count). The fourth-order valence-electron chi connectivity index (χ4n) is 3.89. The molecule has 0 unspecified atom stereocenters. The number of nitrogens with zero attached hydrogens (tertiary/aromatic N) is 1. The van der Waals surface area contributed by atoms with E-state index in [0.29, 0.717) is 12.2 Å². The van der Waals surface area contributed by atoms with Crippen molar-refractivity contribution in [2.75, 3.05) is 17.8 Å². The van der Waals surface area contributed by atoms with Crippen molar-refractivity contribution in [1.29, 1.82) is 0 Å². The predicted octanol–water partition coefficient (Wildman–Crippen LogP) is 4.67. The molecule has 172 valence electrons. The van der Waals surface area contributed by atoms with Gasteiger partial charge in [0.25, 0.3) is 15.9 Å². The highest BCUT2D eigenvalue weighted by Gasteiger charge is 2.20. The summed E-state index contributed by atoms with van der Waals surface area (Å²) in [6, 6.07) is 20.9. The van der Waals surface area contributed by atoms with Crippen LogP contribution >= 0.6 is 11.6 Å². The molecule has 3 aromatic carbocycles. The van der Waals surface area contributed by atoms with Crippen molar-refractivity contribution in [2.24, 2.45) is 0 Å². The van der Waals surface area contributed by atoms with Crippen LogP contribution in [0.2, 0.25) is 5.02 Å². The summed E-state index contributed by atoms with van der Waals surface area (Å²) in [5.41, 5.74) is 2.85. The normalized spacial score (nSPS) is 14.2. The molecule has 6 nitrogen and oxygen atoms in total. The summed E-state index contributed by atoms with van der Waals surface area (Å²) < 4.78 is 28.1. The van der Waals surface area contributed by atoms with Gasteiger partial charge in [-0.2, -0.15) is 0 Å². The third-order valence-corrected chi connectivity index (χ3v) is 7.42. The third-order valence-electron chi connectivity index (χ3n) is 5.56. The van der Waals surface area contributed by atoms with E-state index in [-0.39, 0.29) is 21.4 Å². The molecule has 8 heteroatoms. The minimum atomic E-state index is -3.95. The largest absolute Gasteiger partial charge is 0.348 e. The summed E-state index contributed by atoms with van der Waals surface area (Å²) in [6.45, 7) is 3.51. The van der Waals surface area contributed by atoms with Gasteiger partial charge >= 0.3 is 0 Å². The van der Waals surface area contributed by atoms with Gasteiger partial charge in [0, 0.05) is 24.3 Å². The SMILES string of the molecule is O=C(NCc1cccc(CN2CCCC2)c1)c1ccc(Cl)c(S(=O)(=O)Nc2ccccc2)c1. The maximum atomic E-state index is 12.8. The van der Waals surface area contributed by atoms with E-state index in [1.807, 2.05) is 12.1 Å². The number of benzene rings is 3. The van der Waals surface area contributed by atoms with Crippen LogP contribution in [0, 0.1) is 0 Å². The van der Waals surface area contributed by atoms with Gasteiger partial charge in [-0.25, -0.2) is 8.42 Å². The Kier molecular flexibility index (Phi) is 7.33. The van der Waals surface area contributed by atoms with Crippen LogP contribution in [0.3, 0.4) is 0 Å². The van der Waals surface area contributed by atoms with Crippen molar-refractivity contribution in [1.82, 2.24) is 10.2 Å². The molecule has 1 fully saturated rings. The second-order valence-corrected chi connectivity index (χ2v) is 10.2. The highest BCUT2D eigenvalue weighted by atomic mass is 35.5. The zero-order valence-corrected chi connectivity index (χ0v) is 19.7. The highest BCUT2D eigenvalue weighted by molar-refractivity contribution is 7.92. The molecule has 0 aromatic heterocycles. The summed E-state index contributed by atoms with van der Waals surface area (Å²) in [5, 5.41) is 2.92. The van der Waals surface area contributed by atoms with Gasteiger partial charge in [0.15, 0.2) is 0 Å². The van der Waals surface area contributed by atoms with Crippen LogP contribution in [0.5, 0.6) is 0 Å². The Morgan fingerprint density at radius 2 is 1.64 bits per heavy atom. The maximum absolute atomic E-state index is 12.8. The van der Waals surface area contributed by atoms with Crippen molar-refractivity contribution in [2.45, 2.75) is 30.8 Å². The van der Waals surface area contributed by atoms with Gasteiger partial charge in [0.1, 0.15) is 4.90 Å². The number of nitrogens with one attached hydrogen (secondary N) is 2. The molecular formula is C25H26ClN3O3S. The molecule has 0 bridgehead atoms. The summed E-state index contributed by atoms with van der Waals surface area (Å²) in [6.07, 6.45) is 2.49. The lowest BCUT2D eigenvalue weighted by atomic mass is 10.1. The molecule has 0 spiro atoms. The van der Waals surface area contributed by atoms with Gasteiger partial charge in [0.2, 0.25) is 0 Å². The van der Waals surface area contributed by atoms with E-state index < -0.39 is 10.0 Å². The zero-order chi connectivity index (χ0) is 23.3. The first-order valence-electron chi connectivity index (χ1n) is 10.9. The van der Waals surface area contributed by atoms with Gasteiger partial charge < -0.3 is 5.32 Å². The molecule has 1 aliphatic rings. The summed E-state index contributed by atoms with van der Waals surface area (Å²) in [7, 11) is -3.95. The van der Waals surface area contributed by atoms with E-state index >= 15 is 0 Å². The van der Waals surface area contributed by atoms with Crippen LogP contribution in [-0.4, -0.2) is 32.3 Å². The standard InChI is InChI=1S/C25H26ClN3O3S/c26-23-12-11-21(16-24(23)33(31,32)28-22-9-2-1-3-10-22)25(30)27-17-19-7-6-8-20(15-19)18-29-13-4-5-14-29/h1-3,6-12,15-16,28H,4-5,13-14,17-18H2,(H,27,30). The molecule has 1 amide bonds. The van der Waals surface area contributed by atoms with Crippen LogP contribution in [0.1, 0.15) is 34.3 Å². The van der Waals surface area contributed by atoms with Crippen molar-refractivity contribution in [3.8, 4) is 0 Å². The molecule has 0 saturated carbocycles. The fraction of sp³-hybridized carbons (Fsp3) is 0.240. The number of likely N-dealkylation sites (tertiary alicyclic amines) is 1. The Morgan fingerprint density at radius 1 is 0.909 bits per heavy atom. The monoisotopic (exact) mass is 483 g/mol. The van der Waals surface area contributed by atoms with Gasteiger partial charge in [-0.3, -0.25) is 14.4 Å². The molecule has 0 aliphatic carbocycles. The Labute approximate surface area is 199 Å². The fourth-order valence-corrected chi connectivity index (χ4v) is 5.47. The second kappa shape index (κ2) is 10.4. The molecule has 0 radical (unpaired) electrons. The molecule has 33 heavy (non-hydrogen) atoms. The highest BCUT2D eigenvalue weighted by Crippen LogP contribution is 2.25. The second-order valence-electron chi connectivity index (χ2n) is 8.10. The average Bonchev–Trinajstić information content (AvgIpc) is 3.31. The molecule has 1 heterocycles. The number of rotatable bonds is 8. The number of para-hydroxylation sites is 1. The first-order chi connectivity index (χ1) is 15.9. The van der Waals surface area contributed by atoms with E-state index in [1.54, 1.807) is 30.3 Å². The Morgan fingerprint density at radius 3 is 2.39 bits per heavy atom. The molecule has 3 aromatic rings. The number of amides is 1. The van der Waals surface area contributed by atoms with E-state index in [0.717, 1.165) is 25.2 Å². The molecule has 0 atom stereocenters. The number of halogens is 1. The van der Waals surface area contributed by atoms with E-state index in [4.69, 9.17) is 11.6 Å². The molecule has 1 aliphatic heterocycles.